The third kappa shape index (κ3) is 5.54. The van der Waals surface area contributed by atoms with Crippen molar-refractivity contribution in [3.05, 3.63) is 46.6 Å². The maximum Gasteiger partial charge on any atom is 0.225 e. The van der Waals surface area contributed by atoms with Gasteiger partial charge in [-0.05, 0) is 50.2 Å². The number of rotatable bonds is 7. The van der Waals surface area contributed by atoms with Crippen LogP contribution in [-0.4, -0.2) is 53.7 Å². The Bertz CT molecular complexity index is 774. The highest BCUT2D eigenvalue weighted by Crippen LogP contribution is 2.26. The molecule has 2 heterocycles. The third-order valence-electron chi connectivity index (χ3n) is 4.68. The molecule has 27 heavy (non-hydrogen) atoms. The fourth-order valence-electron chi connectivity index (χ4n) is 3.32. The predicted molar refractivity (Wildman–Crippen MR) is 110 cm³/mol. The predicted octanol–water partition coefficient (Wildman–Crippen LogP) is 3.71. The molecule has 1 N–H and O–H groups in total. The van der Waals surface area contributed by atoms with Crippen LogP contribution in [0, 0.1) is 0 Å². The van der Waals surface area contributed by atoms with Crippen molar-refractivity contribution < 1.29 is 4.79 Å². The van der Waals surface area contributed by atoms with Crippen LogP contribution in [0.1, 0.15) is 19.3 Å². The quantitative estimate of drug-likeness (QED) is 0.757. The largest absolute Gasteiger partial charge is 0.351 e. The van der Waals surface area contributed by atoms with E-state index in [4.69, 9.17) is 23.2 Å². The first-order valence-corrected chi connectivity index (χ1v) is 9.76. The number of amides is 1. The van der Waals surface area contributed by atoms with E-state index >= 15 is 0 Å². The van der Waals surface area contributed by atoms with Crippen LogP contribution < -0.4 is 10.2 Å². The molecule has 1 aliphatic rings. The summed E-state index contributed by atoms with van der Waals surface area (Å²) in [5, 5.41) is 12.0. The lowest BCUT2D eigenvalue weighted by Gasteiger charge is -2.29. The summed E-state index contributed by atoms with van der Waals surface area (Å²) in [6.07, 6.45) is 4.33. The normalized spacial score (nSPS) is 16.7. The summed E-state index contributed by atoms with van der Waals surface area (Å²) in [5.74, 6) is 0.838. The van der Waals surface area contributed by atoms with Crippen molar-refractivity contribution in [1.82, 2.24) is 15.1 Å². The Morgan fingerprint density at radius 2 is 2.22 bits per heavy atom. The van der Waals surface area contributed by atoms with E-state index < -0.39 is 0 Å². The number of anilines is 2. The summed E-state index contributed by atoms with van der Waals surface area (Å²) < 4.78 is 0. The molecule has 0 radical (unpaired) electrons. The number of carbonyl (C=O) groups excluding carboxylic acids is 1. The zero-order valence-electron chi connectivity index (χ0n) is 15.2. The summed E-state index contributed by atoms with van der Waals surface area (Å²) in [6, 6.07) is 9.31. The van der Waals surface area contributed by atoms with E-state index in [2.05, 4.69) is 25.3 Å². The molecule has 0 bridgehead atoms. The zero-order chi connectivity index (χ0) is 19.2. The van der Waals surface area contributed by atoms with E-state index in [0.29, 0.717) is 34.7 Å². The van der Waals surface area contributed by atoms with Crippen molar-refractivity contribution in [3.63, 3.8) is 0 Å². The van der Waals surface area contributed by atoms with Crippen molar-refractivity contribution in [3.8, 4) is 0 Å². The van der Waals surface area contributed by atoms with Gasteiger partial charge in [0.1, 0.15) is 0 Å². The smallest absolute Gasteiger partial charge is 0.225 e. The van der Waals surface area contributed by atoms with Crippen molar-refractivity contribution in [2.24, 2.45) is 0 Å². The van der Waals surface area contributed by atoms with Gasteiger partial charge in [0.2, 0.25) is 5.91 Å². The second-order valence-electron chi connectivity index (χ2n) is 6.76. The average Bonchev–Trinajstić information content (AvgIpc) is 3.12. The topological polar surface area (TPSA) is 61.4 Å². The number of hydrogen-bond acceptors (Lipinski definition) is 5. The van der Waals surface area contributed by atoms with Gasteiger partial charge < -0.3 is 15.1 Å². The maximum absolute atomic E-state index is 12.2. The van der Waals surface area contributed by atoms with Crippen LogP contribution >= 0.6 is 23.2 Å². The van der Waals surface area contributed by atoms with E-state index in [9.17, 15) is 4.79 Å². The van der Waals surface area contributed by atoms with Gasteiger partial charge in [0.05, 0.1) is 10.7 Å². The van der Waals surface area contributed by atoms with Gasteiger partial charge in [0.15, 0.2) is 5.82 Å². The van der Waals surface area contributed by atoms with Crippen LogP contribution in [-0.2, 0) is 4.79 Å². The lowest BCUT2D eigenvalue weighted by atomic mass is 10.2. The molecule has 8 heteroatoms. The second-order valence-corrected chi connectivity index (χ2v) is 7.60. The Morgan fingerprint density at radius 3 is 3.00 bits per heavy atom. The minimum absolute atomic E-state index is 0.0804. The molecule has 1 saturated heterocycles. The van der Waals surface area contributed by atoms with Crippen LogP contribution in [0.5, 0.6) is 0 Å². The molecule has 1 aromatic heterocycles. The van der Waals surface area contributed by atoms with E-state index in [1.807, 2.05) is 19.2 Å². The van der Waals surface area contributed by atoms with Crippen molar-refractivity contribution in [1.29, 1.82) is 0 Å². The molecule has 1 aliphatic heterocycles. The van der Waals surface area contributed by atoms with E-state index in [-0.39, 0.29) is 5.91 Å². The molecular formula is C19H23Cl2N5O. The van der Waals surface area contributed by atoms with Gasteiger partial charge in [0.25, 0.3) is 0 Å². The van der Waals surface area contributed by atoms with Gasteiger partial charge in [-0.1, -0.05) is 23.2 Å². The molecule has 1 aromatic carbocycles. The average molecular weight is 408 g/mol. The minimum Gasteiger partial charge on any atom is -0.351 e. The van der Waals surface area contributed by atoms with E-state index in [1.54, 1.807) is 24.4 Å². The molecule has 3 rings (SSSR count). The molecule has 0 spiro atoms. The van der Waals surface area contributed by atoms with Crippen LogP contribution in [0.2, 0.25) is 10.0 Å². The maximum atomic E-state index is 12.2. The molecule has 1 fully saturated rings. The summed E-state index contributed by atoms with van der Waals surface area (Å²) in [6.45, 7) is 2.53. The van der Waals surface area contributed by atoms with Crippen LogP contribution in [0.25, 0.3) is 0 Å². The first kappa shape index (κ1) is 19.9. The SMILES string of the molecule is CN(CCC(=O)Nc1cc(Cl)ccc1Cl)CC1CCCN1c1cccnn1. The Hall–Kier alpha value is -1.89. The highest BCUT2D eigenvalue weighted by Gasteiger charge is 2.26. The van der Waals surface area contributed by atoms with E-state index in [1.165, 1.54) is 0 Å². The Balaban J connectivity index is 1.48. The molecular weight excluding hydrogens is 385 g/mol. The monoisotopic (exact) mass is 407 g/mol. The lowest BCUT2D eigenvalue weighted by Crippen LogP contribution is -2.40. The van der Waals surface area contributed by atoms with Gasteiger partial charge in [-0.25, -0.2) is 0 Å². The molecule has 0 saturated carbocycles. The lowest BCUT2D eigenvalue weighted by molar-refractivity contribution is -0.116. The fourth-order valence-corrected chi connectivity index (χ4v) is 3.66. The summed E-state index contributed by atoms with van der Waals surface area (Å²) in [4.78, 5) is 16.7. The standard InChI is InChI=1S/C19H23Cl2N5O/c1-25(11-8-19(27)23-17-12-14(20)6-7-16(17)21)13-15-4-3-10-26(15)18-5-2-9-22-24-18/h2,5-7,9,12,15H,3-4,8,10-11,13H2,1H3,(H,23,27). The summed E-state index contributed by atoms with van der Waals surface area (Å²) in [7, 11) is 2.03. The second kappa shape index (κ2) is 9.35. The minimum atomic E-state index is -0.0804. The third-order valence-corrected chi connectivity index (χ3v) is 5.24. The molecule has 1 atom stereocenters. The van der Waals surface area contributed by atoms with Gasteiger partial charge in [-0.15, -0.1) is 5.10 Å². The molecule has 1 unspecified atom stereocenters. The van der Waals surface area contributed by atoms with Crippen molar-refractivity contribution >= 4 is 40.6 Å². The van der Waals surface area contributed by atoms with Crippen LogP contribution in [0.15, 0.2) is 36.5 Å². The van der Waals surface area contributed by atoms with Crippen LogP contribution in [0.3, 0.4) is 0 Å². The highest BCUT2D eigenvalue weighted by molar-refractivity contribution is 6.35. The molecule has 2 aromatic rings. The molecule has 144 valence electrons. The fraction of sp³-hybridized carbons (Fsp3) is 0.421. The van der Waals surface area contributed by atoms with Gasteiger partial charge in [-0.3, -0.25) is 4.79 Å². The highest BCUT2D eigenvalue weighted by atomic mass is 35.5. The van der Waals surface area contributed by atoms with Gasteiger partial charge in [-0.2, -0.15) is 5.10 Å². The molecule has 1 amide bonds. The van der Waals surface area contributed by atoms with Crippen molar-refractivity contribution in [2.45, 2.75) is 25.3 Å². The Kier molecular flexibility index (Phi) is 6.88. The zero-order valence-corrected chi connectivity index (χ0v) is 16.7. The summed E-state index contributed by atoms with van der Waals surface area (Å²) >= 11 is 12.0. The van der Waals surface area contributed by atoms with Gasteiger partial charge >= 0.3 is 0 Å². The number of benzene rings is 1. The molecule has 6 nitrogen and oxygen atoms in total. The van der Waals surface area contributed by atoms with Crippen LogP contribution in [0.4, 0.5) is 11.5 Å². The number of halogens is 2. The first-order chi connectivity index (χ1) is 13.0. The van der Waals surface area contributed by atoms with Crippen molar-refractivity contribution in [2.75, 3.05) is 36.9 Å². The van der Waals surface area contributed by atoms with E-state index in [0.717, 1.165) is 31.7 Å². The number of aromatic nitrogens is 2. The number of hydrogen-bond donors (Lipinski definition) is 1. The number of likely N-dealkylation sites (N-methyl/N-ethyl adjacent to an activating group) is 1. The Labute approximate surface area is 169 Å². The number of nitrogens with one attached hydrogen (secondary N) is 1. The number of carbonyl (C=O) groups is 1. The number of nitrogens with zero attached hydrogens (tertiary/aromatic N) is 4. The first-order valence-electron chi connectivity index (χ1n) is 9.01. The Morgan fingerprint density at radius 1 is 1.37 bits per heavy atom. The van der Waals surface area contributed by atoms with Gasteiger partial charge in [0, 0.05) is 43.3 Å². The summed E-state index contributed by atoms with van der Waals surface area (Å²) in [5.41, 5.74) is 0.543. The molecule has 0 aliphatic carbocycles.